The normalized spacial score (nSPS) is 14.2. The Morgan fingerprint density at radius 3 is 2.26 bits per heavy atom. The van der Waals surface area contributed by atoms with Crippen molar-refractivity contribution >= 4 is 28.4 Å². The number of rotatable bonds is 11. The molecule has 0 bridgehead atoms. The molecule has 1 heterocycles. The minimum absolute atomic E-state index is 0.0620. The third-order valence-corrected chi connectivity index (χ3v) is 8.32. The van der Waals surface area contributed by atoms with E-state index in [0.717, 1.165) is 47.7 Å². The molecule has 1 atom stereocenters. The maximum atomic E-state index is 14.4. The van der Waals surface area contributed by atoms with Gasteiger partial charge in [-0.05, 0) is 67.6 Å². The number of carbonyl (C=O) groups excluding carboxylic acids is 2. The van der Waals surface area contributed by atoms with E-state index in [9.17, 15) is 9.59 Å². The van der Waals surface area contributed by atoms with Crippen molar-refractivity contribution in [3.05, 3.63) is 83.6 Å². The number of nitrogens with one attached hydrogen (secondary N) is 2. The molecular weight excluding hydrogens is 542 g/mol. The molecule has 2 amide bonds. The Morgan fingerprint density at radius 1 is 0.930 bits per heavy atom. The van der Waals surface area contributed by atoms with Crippen LogP contribution in [0.25, 0.3) is 10.9 Å². The van der Waals surface area contributed by atoms with E-state index in [-0.39, 0.29) is 24.3 Å². The number of hydrogen-bond donors (Lipinski definition) is 2. The summed E-state index contributed by atoms with van der Waals surface area (Å²) in [5.74, 6) is 0.867. The number of aromatic amines is 1. The van der Waals surface area contributed by atoms with E-state index in [0.29, 0.717) is 34.9 Å². The lowest BCUT2D eigenvalue weighted by Gasteiger charge is -2.34. The number of carbonyl (C=O) groups is 2. The Hall–Kier alpha value is -4.46. The number of fused-ring (bicyclic) bond motifs is 1. The van der Waals surface area contributed by atoms with Gasteiger partial charge in [0.2, 0.25) is 17.6 Å². The molecule has 3 aromatic carbocycles. The van der Waals surface area contributed by atoms with Gasteiger partial charge in [-0.15, -0.1) is 0 Å². The van der Waals surface area contributed by atoms with Crippen molar-refractivity contribution in [3.8, 4) is 17.2 Å². The summed E-state index contributed by atoms with van der Waals surface area (Å²) in [6.45, 7) is 2.00. The van der Waals surface area contributed by atoms with Crippen LogP contribution >= 0.6 is 0 Å². The second-order valence-electron chi connectivity index (χ2n) is 11.2. The number of anilines is 1. The Morgan fingerprint density at radius 2 is 1.60 bits per heavy atom. The van der Waals surface area contributed by atoms with E-state index in [1.807, 2.05) is 55.6 Å². The van der Waals surface area contributed by atoms with Gasteiger partial charge in [0, 0.05) is 35.2 Å². The molecule has 0 unspecified atom stereocenters. The number of nitrogens with zero attached hydrogens (tertiary/aromatic N) is 1. The van der Waals surface area contributed by atoms with E-state index in [1.54, 1.807) is 38.4 Å². The number of benzene rings is 3. The summed E-state index contributed by atoms with van der Waals surface area (Å²) >= 11 is 0. The number of methoxy groups -OCH3 is 3. The van der Waals surface area contributed by atoms with Crippen molar-refractivity contribution in [1.29, 1.82) is 0 Å². The van der Waals surface area contributed by atoms with E-state index >= 15 is 0 Å². The Bertz CT molecular complexity index is 1530. The average molecular weight is 584 g/mol. The molecule has 8 heteroatoms. The first-order valence-electron chi connectivity index (χ1n) is 15.0. The smallest absolute Gasteiger partial charge is 0.248 e. The van der Waals surface area contributed by atoms with Crippen molar-refractivity contribution in [1.82, 2.24) is 10.3 Å². The predicted molar refractivity (Wildman–Crippen MR) is 169 cm³/mol. The third kappa shape index (κ3) is 6.63. The quantitative estimate of drug-likeness (QED) is 0.206. The number of amides is 2. The Balaban J connectivity index is 1.58. The first-order chi connectivity index (χ1) is 20.9. The van der Waals surface area contributed by atoms with Crippen molar-refractivity contribution in [2.24, 2.45) is 0 Å². The minimum Gasteiger partial charge on any atom is -0.493 e. The first-order valence-corrected chi connectivity index (χ1v) is 15.0. The molecule has 8 nitrogen and oxygen atoms in total. The molecule has 1 saturated carbocycles. The largest absolute Gasteiger partial charge is 0.493 e. The van der Waals surface area contributed by atoms with Gasteiger partial charge in [-0.2, -0.15) is 0 Å². The molecule has 4 aromatic rings. The van der Waals surface area contributed by atoms with Crippen LogP contribution in [0.15, 0.2) is 66.9 Å². The van der Waals surface area contributed by atoms with Crippen LogP contribution in [-0.4, -0.2) is 44.2 Å². The summed E-state index contributed by atoms with van der Waals surface area (Å²) in [5, 5.41) is 4.37. The van der Waals surface area contributed by atoms with E-state index in [2.05, 4.69) is 16.4 Å². The second-order valence-corrected chi connectivity index (χ2v) is 11.2. The van der Waals surface area contributed by atoms with E-state index in [4.69, 9.17) is 14.2 Å². The summed E-state index contributed by atoms with van der Waals surface area (Å²) in [6, 6.07) is 18.4. The van der Waals surface area contributed by atoms with Crippen LogP contribution in [0.1, 0.15) is 61.3 Å². The van der Waals surface area contributed by atoms with E-state index < -0.39 is 6.04 Å². The van der Waals surface area contributed by atoms with Crippen molar-refractivity contribution in [2.45, 2.75) is 64.0 Å². The number of para-hydroxylation sites is 1. The van der Waals surface area contributed by atoms with Crippen molar-refractivity contribution in [2.75, 3.05) is 26.2 Å². The van der Waals surface area contributed by atoms with Crippen LogP contribution in [-0.2, 0) is 16.0 Å². The van der Waals surface area contributed by atoms with Gasteiger partial charge in [-0.3, -0.25) is 14.5 Å². The molecule has 0 spiro atoms. The predicted octanol–water partition coefficient (Wildman–Crippen LogP) is 6.66. The van der Waals surface area contributed by atoms with Gasteiger partial charge in [-0.1, -0.05) is 55.2 Å². The monoisotopic (exact) mass is 583 g/mol. The molecule has 0 saturated heterocycles. The zero-order chi connectivity index (χ0) is 30.3. The highest BCUT2D eigenvalue weighted by Crippen LogP contribution is 2.42. The van der Waals surface area contributed by atoms with Gasteiger partial charge in [0.05, 0.1) is 21.3 Å². The number of aryl methyl sites for hydroxylation is 2. The van der Waals surface area contributed by atoms with Gasteiger partial charge in [0.15, 0.2) is 11.5 Å². The lowest BCUT2D eigenvalue weighted by Crippen LogP contribution is -2.47. The summed E-state index contributed by atoms with van der Waals surface area (Å²) in [5.41, 5.74) is 4.37. The molecule has 1 aliphatic rings. The summed E-state index contributed by atoms with van der Waals surface area (Å²) in [6.07, 6.45) is 7.87. The van der Waals surface area contributed by atoms with Crippen molar-refractivity contribution in [3.63, 3.8) is 0 Å². The highest BCUT2D eigenvalue weighted by molar-refractivity contribution is 6.02. The van der Waals surface area contributed by atoms with Crippen LogP contribution in [0.2, 0.25) is 0 Å². The highest BCUT2D eigenvalue weighted by atomic mass is 16.5. The number of H-pyrrole nitrogens is 1. The van der Waals surface area contributed by atoms with Gasteiger partial charge in [0.1, 0.15) is 6.04 Å². The molecule has 0 radical (unpaired) electrons. The molecule has 1 aromatic heterocycles. The molecule has 1 fully saturated rings. The molecule has 1 aliphatic carbocycles. The van der Waals surface area contributed by atoms with Crippen LogP contribution in [0.5, 0.6) is 17.2 Å². The fraction of sp³-hybridized carbons (Fsp3) is 0.371. The molecule has 2 N–H and O–H groups in total. The first kappa shape index (κ1) is 30.0. The molecular formula is C35H41N3O5. The van der Waals surface area contributed by atoms with E-state index in [1.165, 1.54) is 6.42 Å². The molecule has 43 heavy (non-hydrogen) atoms. The van der Waals surface area contributed by atoms with Gasteiger partial charge in [-0.25, -0.2) is 0 Å². The molecule has 0 aliphatic heterocycles. The van der Waals surface area contributed by atoms with Crippen LogP contribution in [0, 0.1) is 6.92 Å². The second kappa shape index (κ2) is 13.7. The average Bonchev–Trinajstić information content (AvgIpc) is 3.45. The summed E-state index contributed by atoms with van der Waals surface area (Å²) < 4.78 is 16.9. The van der Waals surface area contributed by atoms with Gasteiger partial charge < -0.3 is 24.5 Å². The third-order valence-electron chi connectivity index (χ3n) is 8.32. The lowest BCUT2D eigenvalue weighted by molar-refractivity contribution is -0.127. The summed E-state index contributed by atoms with van der Waals surface area (Å²) in [7, 11) is 4.63. The molecule has 226 valence electrons. The molecule has 5 rings (SSSR count). The van der Waals surface area contributed by atoms with Crippen molar-refractivity contribution < 1.29 is 23.8 Å². The fourth-order valence-corrected chi connectivity index (χ4v) is 6.05. The highest BCUT2D eigenvalue weighted by Gasteiger charge is 2.35. The Kier molecular flexibility index (Phi) is 9.55. The van der Waals surface area contributed by atoms with Crippen LogP contribution in [0.4, 0.5) is 5.69 Å². The van der Waals surface area contributed by atoms with Gasteiger partial charge in [0.25, 0.3) is 0 Å². The standard InChI is InChI=1S/C35H41N3O5/c1-23-14-17-27(18-15-23)38(32(39)19-16-24-22-36-29-13-9-8-12-28(24)29)33(35(40)37-26-10-6-5-7-11-26)25-20-30(41-2)34(43-4)31(21-25)42-3/h8-9,12-15,17-18,20-22,26,33,36H,5-7,10-11,16,19H2,1-4H3,(H,37,40)/t33-/m0/s1. The zero-order valence-electron chi connectivity index (χ0n) is 25.4. The van der Waals surface area contributed by atoms with Gasteiger partial charge >= 0.3 is 0 Å². The fourth-order valence-electron chi connectivity index (χ4n) is 6.05. The topological polar surface area (TPSA) is 92.9 Å². The number of aromatic nitrogens is 1. The van der Waals surface area contributed by atoms with Crippen LogP contribution in [0.3, 0.4) is 0 Å². The summed E-state index contributed by atoms with van der Waals surface area (Å²) in [4.78, 5) is 33.6. The maximum Gasteiger partial charge on any atom is 0.248 e. The Labute approximate surface area is 253 Å². The number of ether oxygens (including phenoxy) is 3. The lowest BCUT2D eigenvalue weighted by atomic mass is 9.94. The SMILES string of the molecule is COc1cc([C@@H](C(=O)NC2CCCCC2)N(C(=O)CCc2c[nH]c3ccccc23)c2ccc(C)cc2)cc(OC)c1OC. The maximum absolute atomic E-state index is 14.4. The minimum atomic E-state index is -0.964. The van der Waals surface area contributed by atoms with Crippen LogP contribution < -0.4 is 24.4 Å². The number of hydrogen-bond acceptors (Lipinski definition) is 5. The zero-order valence-corrected chi connectivity index (χ0v) is 25.4.